The van der Waals surface area contributed by atoms with Gasteiger partial charge in [0, 0.05) is 43.7 Å². The van der Waals surface area contributed by atoms with Gasteiger partial charge in [0.2, 0.25) is 23.4 Å². The lowest BCUT2D eigenvalue weighted by Crippen LogP contribution is -2.48. The fourth-order valence-corrected chi connectivity index (χ4v) is 2.79. The Morgan fingerprint density at radius 2 is 1.81 bits per heavy atom. The summed E-state index contributed by atoms with van der Waals surface area (Å²) in [5.41, 5.74) is 1.22. The highest BCUT2D eigenvalue weighted by molar-refractivity contribution is 5.96. The molecule has 3 aromatic rings. The van der Waals surface area contributed by atoms with Crippen LogP contribution in [0.15, 0.2) is 47.2 Å². The van der Waals surface area contributed by atoms with E-state index >= 15 is 0 Å². The van der Waals surface area contributed by atoms with E-state index < -0.39 is 0 Å². The fourth-order valence-electron chi connectivity index (χ4n) is 2.79. The first-order valence-corrected chi connectivity index (χ1v) is 8.38. The topological polar surface area (TPSA) is 114 Å². The van der Waals surface area contributed by atoms with E-state index in [1.807, 2.05) is 0 Å². The number of aromatic nitrogens is 4. The third-order valence-corrected chi connectivity index (χ3v) is 4.18. The van der Waals surface area contributed by atoms with E-state index in [-0.39, 0.29) is 17.7 Å². The zero-order chi connectivity index (χ0) is 18.8. The minimum atomic E-state index is -0.153. The second-order valence-corrected chi connectivity index (χ2v) is 6.19. The Bertz CT molecular complexity index is 964. The molecule has 0 spiro atoms. The molecular formula is C18H16N6O3. The maximum atomic E-state index is 12.5. The highest BCUT2D eigenvalue weighted by Gasteiger charge is 2.36. The van der Waals surface area contributed by atoms with Crippen molar-refractivity contribution in [2.45, 2.75) is 12.8 Å². The molecule has 1 fully saturated rings. The first-order valence-electron chi connectivity index (χ1n) is 8.38. The van der Waals surface area contributed by atoms with Gasteiger partial charge in [0.1, 0.15) is 0 Å². The summed E-state index contributed by atoms with van der Waals surface area (Å²) in [6, 6.07) is 8.51. The van der Waals surface area contributed by atoms with Gasteiger partial charge in [-0.15, -0.1) is 0 Å². The van der Waals surface area contributed by atoms with Crippen LogP contribution in [0.2, 0.25) is 0 Å². The Balaban J connectivity index is 1.37. The molecule has 27 heavy (non-hydrogen) atoms. The lowest BCUT2D eigenvalue weighted by atomic mass is 9.98. The molecule has 4 rings (SSSR count). The molecule has 0 unspecified atom stereocenters. The number of hydrogen-bond acceptors (Lipinski definition) is 7. The van der Waals surface area contributed by atoms with E-state index in [0.717, 1.165) is 0 Å². The normalized spacial score (nSPS) is 13.9. The van der Waals surface area contributed by atoms with E-state index in [0.29, 0.717) is 41.9 Å². The number of benzene rings is 1. The van der Waals surface area contributed by atoms with Crippen LogP contribution in [0.1, 0.15) is 29.1 Å². The number of hydrogen-bond donors (Lipinski definition) is 1. The Kier molecular flexibility index (Phi) is 4.33. The van der Waals surface area contributed by atoms with Crippen LogP contribution in [0.3, 0.4) is 0 Å². The van der Waals surface area contributed by atoms with Crippen LogP contribution in [0.4, 0.5) is 5.69 Å². The molecule has 0 radical (unpaired) electrons. The molecule has 0 aliphatic carbocycles. The first kappa shape index (κ1) is 16.8. The molecule has 1 saturated heterocycles. The van der Waals surface area contributed by atoms with Crippen molar-refractivity contribution >= 4 is 17.5 Å². The van der Waals surface area contributed by atoms with Gasteiger partial charge >= 0.3 is 0 Å². The zero-order valence-electron chi connectivity index (χ0n) is 14.5. The predicted molar refractivity (Wildman–Crippen MR) is 94.7 cm³/mol. The molecule has 0 bridgehead atoms. The van der Waals surface area contributed by atoms with Gasteiger partial charge in [0.15, 0.2) is 0 Å². The number of rotatable bonds is 4. The van der Waals surface area contributed by atoms with Crippen molar-refractivity contribution in [2.75, 3.05) is 18.4 Å². The molecule has 0 saturated carbocycles. The summed E-state index contributed by atoms with van der Waals surface area (Å²) in [5, 5.41) is 6.57. The van der Waals surface area contributed by atoms with Gasteiger partial charge in [-0.25, -0.2) is 9.97 Å². The molecule has 2 amide bonds. The molecular weight excluding hydrogens is 348 g/mol. The summed E-state index contributed by atoms with van der Waals surface area (Å²) < 4.78 is 5.29. The standard InChI is InChI=1S/C18H16N6O3/c1-11(25)21-14-5-3-12(4-6-14)18(26)24-9-13(10-24)17-22-16(23-27-17)15-19-7-2-8-20-15/h2-8,13H,9-10H2,1H3,(H,21,25). The van der Waals surface area contributed by atoms with E-state index in [1.165, 1.54) is 6.92 Å². The van der Waals surface area contributed by atoms with Crippen molar-refractivity contribution in [1.82, 2.24) is 25.0 Å². The summed E-state index contributed by atoms with van der Waals surface area (Å²) >= 11 is 0. The van der Waals surface area contributed by atoms with Gasteiger partial charge in [-0.3, -0.25) is 9.59 Å². The Morgan fingerprint density at radius 3 is 2.48 bits per heavy atom. The minimum Gasteiger partial charge on any atom is -0.338 e. The van der Waals surface area contributed by atoms with Gasteiger partial charge < -0.3 is 14.7 Å². The van der Waals surface area contributed by atoms with E-state index in [9.17, 15) is 9.59 Å². The lowest BCUT2D eigenvalue weighted by Gasteiger charge is -2.37. The molecule has 1 aliphatic heterocycles. The summed E-state index contributed by atoms with van der Waals surface area (Å²) in [6.07, 6.45) is 3.22. The average Bonchev–Trinajstić information content (AvgIpc) is 3.11. The molecule has 1 aromatic carbocycles. The monoisotopic (exact) mass is 364 g/mol. The number of anilines is 1. The van der Waals surface area contributed by atoms with Crippen LogP contribution < -0.4 is 5.32 Å². The van der Waals surface area contributed by atoms with E-state index in [1.54, 1.807) is 47.6 Å². The molecule has 9 heteroatoms. The number of likely N-dealkylation sites (tertiary alicyclic amines) is 1. The molecule has 3 heterocycles. The quantitative estimate of drug-likeness (QED) is 0.750. The van der Waals surface area contributed by atoms with Crippen molar-refractivity contribution in [1.29, 1.82) is 0 Å². The van der Waals surface area contributed by atoms with Crippen LogP contribution in [0.25, 0.3) is 11.6 Å². The van der Waals surface area contributed by atoms with Gasteiger partial charge in [0.05, 0.1) is 5.92 Å². The van der Waals surface area contributed by atoms with Crippen molar-refractivity contribution in [3.8, 4) is 11.6 Å². The maximum Gasteiger partial charge on any atom is 0.253 e. The molecule has 0 atom stereocenters. The van der Waals surface area contributed by atoms with E-state index in [2.05, 4.69) is 25.4 Å². The maximum absolute atomic E-state index is 12.5. The third-order valence-electron chi connectivity index (χ3n) is 4.18. The molecule has 9 nitrogen and oxygen atoms in total. The van der Waals surface area contributed by atoms with Crippen LogP contribution >= 0.6 is 0 Å². The largest absolute Gasteiger partial charge is 0.338 e. The minimum absolute atomic E-state index is 0.00225. The number of nitrogens with zero attached hydrogens (tertiary/aromatic N) is 5. The van der Waals surface area contributed by atoms with Crippen molar-refractivity contribution in [3.05, 3.63) is 54.2 Å². The fraction of sp³-hybridized carbons (Fsp3) is 0.222. The van der Waals surface area contributed by atoms with Crippen LogP contribution in [-0.2, 0) is 4.79 Å². The summed E-state index contributed by atoms with van der Waals surface area (Å²) in [6.45, 7) is 2.44. The number of carbonyl (C=O) groups is 2. The Labute approximate surface area is 154 Å². The van der Waals surface area contributed by atoms with Crippen molar-refractivity contribution in [2.24, 2.45) is 0 Å². The zero-order valence-corrected chi connectivity index (χ0v) is 14.5. The highest BCUT2D eigenvalue weighted by Crippen LogP contribution is 2.28. The molecule has 2 aromatic heterocycles. The van der Waals surface area contributed by atoms with Crippen LogP contribution in [0, 0.1) is 0 Å². The molecule has 1 aliphatic rings. The SMILES string of the molecule is CC(=O)Nc1ccc(C(=O)N2CC(c3nc(-c4ncccn4)no3)C2)cc1. The lowest BCUT2D eigenvalue weighted by molar-refractivity contribution is -0.114. The predicted octanol–water partition coefficient (Wildman–Crippen LogP) is 1.72. The van der Waals surface area contributed by atoms with Gasteiger partial charge in [0.25, 0.3) is 5.91 Å². The smallest absolute Gasteiger partial charge is 0.253 e. The molecule has 1 N–H and O–H groups in total. The van der Waals surface area contributed by atoms with Gasteiger partial charge in [-0.05, 0) is 30.3 Å². The summed E-state index contributed by atoms with van der Waals surface area (Å²) in [7, 11) is 0. The number of carbonyl (C=O) groups excluding carboxylic acids is 2. The molecule has 136 valence electrons. The average molecular weight is 364 g/mol. The van der Waals surface area contributed by atoms with Gasteiger partial charge in [-0.2, -0.15) is 4.98 Å². The van der Waals surface area contributed by atoms with Crippen LogP contribution in [0.5, 0.6) is 0 Å². The van der Waals surface area contributed by atoms with Crippen molar-refractivity contribution < 1.29 is 14.1 Å². The number of amides is 2. The second-order valence-electron chi connectivity index (χ2n) is 6.19. The first-order chi connectivity index (χ1) is 13.1. The summed E-state index contributed by atoms with van der Waals surface area (Å²) in [5.74, 6) is 0.981. The number of nitrogens with one attached hydrogen (secondary N) is 1. The Morgan fingerprint density at radius 1 is 1.11 bits per heavy atom. The van der Waals surface area contributed by atoms with Gasteiger partial charge in [-0.1, -0.05) is 5.16 Å². The Hall–Kier alpha value is -3.62. The second kappa shape index (κ2) is 6.94. The third kappa shape index (κ3) is 3.52. The summed E-state index contributed by atoms with van der Waals surface area (Å²) in [4.78, 5) is 37.8. The van der Waals surface area contributed by atoms with Crippen molar-refractivity contribution in [3.63, 3.8) is 0 Å². The highest BCUT2D eigenvalue weighted by atomic mass is 16.5. The van der Waals surface area contributed by atoms with E-state index in [4.69, 9.17) is 4.52 Å². The van der Waals surface area contributed by atoms with Crippen LogP contribution in [-0.4, -0.2) is 49.9 Å².